The van der Waals surface area contributed by atoms with Crippen molar-refractivity contribution in [3.63, 3.8) is 0 Å². The molecule has 0 aromatic heterocycles. The van der Waals surface area contributed by atoms with Gasteiger partial charge in [-0.2, -0.15) is 0 Å². The summed E-state index contributed by atoms with van der Waals surface area (Å²) in [5.74, 6) is -0.856. The van der Waals surface area contributed by atoms with Gasteiger partial charge in [0.2, 0.25) is 0 Å². The molecule has 3 rings (SSSR count). The molecule has 0 saturated carbocycles. The van der Waals surface area contributed by atoms with Crippen LogP contribution in [0.25, 0.3) is 6.08 Å². The molecule has 1 heterocycles. The summed E-state index contributed by atoms with van der Waals surface area (Å²) in [4.78, 5) is 27.4. The van der Waals surface area contributed by atoms with Crippen LogP contribution in [0.1, 0.15) is 24.1 Å². The van der Waals surface area contributed by atoms with Gasteiger partial charge in [0.05, 0.1) is 11.5 Å². The SMILES string of the molecule is CCOC(=O)C(c1ccccc1)N1C(=O)/C(=C/c2ccccc2Cl)SC1=S. The van der Waals surface area contributed by atoms with E-state index < -0.39 is 12.0 Å². The molecule has 1 fully saturated rings. The van der Waals surface area contributed by atoms with Gasteiger partial charge < -0.3 is 4.74 Å². The van der Waals surface area contributed by atoms with E-state index in [-0.39, 0.29) is 12.5 Å². The minimum atomic E-state index is -0.921. The Morgan fingerprint density at radius 3 is 2.56 bits per heavy atom. The molecule has 1 unspecified atom stereocenters. The first-order valence-corrected chi connectivity index (χ1v) is 9.86. The van der Waals surface area contributed by atoms with Crippen LogP contribution in [0.4, 0.5) is 0 Å². The van der Waals surface area contributed by atoms with Crippen molar-refractivity contribution >= 4 is 57.9 Å². The molecule has 7 heteroatoms. The Kier molecular flexibility index (Phi) is 6.31. The molecule has 0 radical (unpaired) electrons. The van der Waals surface area contributed by atoms with Gasteiger partial charge in [-0.05, 0) is 30.2 Å². The zero-order valence-electron chi connectivity index (χ0n) is 14.4. The van der Waals surface area contributed by atoms with Crippen LogP contribution in [-0.2, 0) is 14.3 Å². The molecule has 4 nitrogen and oxygen atoms in total. The van der Waals surface area contributed by atoms with Crippen molar-refractivity contribution in [2.24, 2.45) is 0 Å². The van der Waals surface area contributed by atoms with Gasteiger partial charge in [0.15, 0.2) is 6.04 Å². The second-order valence-corrected chi connectivity index (χ2v) is 7.72. The van der Waals surface area contributed by atoms with Gasteiger partial charge in [0.1, 0.15) is 4.32 Å². The maximum absolute atomic E-state index is 13.1. The first kappa shape index (κ1) is 19.6. The van der Waals surface area contributed by atoms with Gasteiger partial charge >= 0.3 is 5.97 Å². The molecule has 0 bridgehead atoms. The maximum Gasteiger partial charge on any atom is 0.333 e. The zero-order valence-corrected chi connectivity index (χ0v) is 16.8. The van der Waals surface area contributed by atoms with Crippen molar-refractivity contribution < 1.29 is 14.3 Å². The molecule has 0 aliphatic carbocycles. The second-order valence-electron chi connectivity index (χ2n) is 5.64. The van der Waals surface area contributed by atoms with E-state index in [1.54, 1.807) is 43.3 Å². The van der Waals surface area contributed by atoms with E-state index in [2.05, 4.69) is 0 Å². The summed E-state index contributed by atoms with van der Waals surface area (Å²) in [7, 11) is 0. The summed E-state index contributed by atoms with van der Waals surface area (Å²) in [5.41, 5.74) is 1.36. The highest BCUT2D eigenvalue weighted by Gasteiger charge is 2.42. The lowest BCUT2D eigenvalue weighted by Crippen LogP contribution is -2.38. The van der Waals surface area contributed by atoms with E-state index in [1.165, 1.54) is 4.90 Å². The standard InChI is InChI=1S/C20H16ClNO3S2/c1-2-25-19(24)17(13-8-4-3-5-9-13)22-18(23)16(27-20(22)26)12-14-10-6-7-11-15(14)21/h3-12,17H,2H2,1H3/b16-12-. The monoisotopic (exact) mass is 417 g/mol. The minimum absolute atomic E-state index is 0.215. The van der Waals surface area contributed by atoms with Crippen molar-refractivity contribution in [3.05, 3.63) is 75.7 Å². The van der Waals surface area contributed by atoms with Crippen LogP contribution in [0.2, 0.25) is 5.02 Å². The Morgan fingerprint density at radius 1 is 1.22 bits per heavy atom. The third-order valence-electron chi connectivity index (χ3n) is 3.90. The first-order chi connectivity index (χ1) is 13.0. The highest BCUT2D eigenvalue weighted by atomic mass is 35.5. The predicted octanol–water partition coefficient (Wildman–Crippen LogP) is 4.85. The Hall–Kier alpha value is -2.15. The lowest BCUT2D eigenvalue weighted by atomic mass is 10.1. The average Bonchev–Trinajstić information content (AvgIpc) is 2.93. The van der Waals surface area contributed by atoms with Crippen LogP contribution >= 0.6 is 35.6 Å². The van der Waals surface area contributed by atoms with Crippen LogP contribution in [0.5, 0.6) is 0 Å². The van der Waals surface area contributed by atoms with Gasteiger partial charge in [-0.25, -0.2) is 4.79 Å². The largest absolute Gasteiger partial charge is 0.464 e. The van der Waals surface area contributed by atoms with Gasteiger partial charge in [0.25, 0.3) is 5.91 Å². The van der Waals surface area contributed by atoms with Crippen LogP contribution in [0, 0.1) is 0 Å². The van der Waals surface area contributed by atoms with Crippen molar-refractivity contribution in [3.8, 4) is 0 Å². The van der Waals surface area contributed by atoms with Gasteiger partial charge in [-0.1, -0.05) is 84.1 Å². The molecule has 0 spiro atoms. The number of carbonyl (C=O) groups excluding carboxylic acids is 2. The number of thioether (sulfide) groups is 1. The highest BCUT2D eigenvalue weighted by molar-refractivity contribution is 8.26. The number of benzene rings is 2. The number of hydrogen-bond donors (Lipinski definition) is 0. The number of nitrogens with zero attached hydrogens (tertiary/aromatic N) is 1. The number of halogens is 1. The van der Waals surface area contributed by atoms with Gasteiger partial charge in [-0.15, -0.1) is 0 Å². The smallest absolute Gasteiger partial charge is 0.333 e. The number of amides is 1. The van der Waals surface area contributed by atoms with Crippen LogP contribution < -0.4 is 0 Å². The molecule has 1 aliphatic heterocycles. The highest BCUT2D eigenvalue weighted by Crippen LogP contribution is 2.39. The third-order valence-corrected chi connectivity index (χ3v) is 5.57. The molecular formula is C20H16ClNO3S2. The normalized spacial score (nSPS) is 16.7. The summed E-state index contributed by atoms with van der Waals surface area (Å²) in [6.07, 6.45) is 1.69. The number of hydrogen-bond acceptors (Lipinski definition) is 5. The molecule has 1 saturated heterocycles. The van der Waals surface area contributed by atoms with Crippen molar-refractivity contribution in [1.82, 2.24) is 4.90 Å². The Balaban J connectivity index is 1.99. The first-order valence-electron chi connectivity index (χ1n) is 8.26. The van der Waals surface area contributed by atoms with E-state index in [1.807, 2.05) is 24.3 Å². The topological polar surface area (TPSA) is 46.6 Å². The average molecular weight is 418 g/mol. The van der Waals surface area contributed by atoms with E-state index in [4.69, 9.17) is 28.6 Å². The number of carbonyl (C=O) groups is 2. The molecule has 1 amide bonds. The summed E-state index contributed by atoms with van der Waals surface area (Å²) >= 11 is 12.7. The van der Waals surface area contributed by atoms with Crippen molar-refractivity contribution in [2.75, 3.05) is 6.61 Å². The molecule has 138 valence electrons. The van der Waals surface area contributed by atoms with E-state index in [0.717, 1.165) is 11.8 Å². The molecule has 0 N–H and O–H groups in total. The Labute approximate surface area is 172 Å². The van der Waals surface area contributed by atoms with E-state index >= 15 is 0 Å². The molecule has 27 heavy (non-hydrogen) atoms. The number of esters is 1. The van der Waals surface area contributed by atoms with Crippen LogP contribution in [-0.4, -0.2) is 27.7 Å². The predicted molar refractivity (Wildman–Crippen MR) is 112 cm³/mol. The fraction of sp³-hybridized carbons (Fsp3) is 0.150. The lowest BCUT2D eigenvalue weighted by Gasteiger charge is -2.25. The molecule has 1 atom stereocenters. The summed E-state index contributed by atoms with van der Waals surface area (Å²) < 4.78 is 5.50. The van der Waals surface area contributed by atoms with Crippen LogP contribution in [0.3, 0.4) is 0 Å². The maximum atomic E-state index is 13.1. The second kappa shape index (κ2) is 8.69. The third kappa shape index (κ3) is 4.24. The van der Waals surface area contributed by atoms with E-state index in [9.17, 15) is 9.59 Å². The summed E-state index contributed by atoms with van der Waals surface area (Å²) in [5, 5.41) is 0.535. The minimum Gasteiger partial charge on any atom is -0.464 e. The molecule has 2 aromatic carbocycles. The van der Waals surface area contributed by atoms with E-state index in [0.29, 0.717) is 25.4 Å². The van der Waals surface area contributed by atoms with Crippen LogP contribution in [0.15, 0.2) is 59.5 Å². The fourth-order valence-corrected chi connectivity index (χ4v) is 4.18. The molecule has 1 aliphatic rings. The van der Waals surface area contributed by atoms with Gasteiger partial charge in [0, 0.05) is 5.02 Å². The Morgan fingerprint density at radius 2 is 1.89 bits per heavy atom. The Bertz CT molecular complexity index is 914. The van der Waals surface area contributed by atoms with Crippen molar-refractivity contribution in [2.45, 2.75) is 13.0 Å². The summed E-state index contributed by atoms with van der Waals surface area (Å²) in [6.45, 7) is 1.94. The number of rotatable bonds is 5. The zero-order chi connectivity index (χ0) is 19.4. The number of ether oxygens (including phenoxy) is 1. The molecule has 2 aromatic rings. The van der Waals surface area contributed by atoms with Crippen molar-refractivity contribution in [1.29, 1.82) is 0 Å². The lowest BCUT2D eigenvalue weighted by molar-refractivity contribution is -0.151. The number of thiocarbonyl (C=S) groups is 1. The fourth-order valence-electron chi connectivity index (χ4n) is 2.68. The van der Waals surface area contributed by atoms with Gasteiger partial charge in [-0.3, -0.25) is 9.69 Å². The quantitative estimate of drug-likeness (QED) is 0.395. The molecular weight excluding hydrogens is 402 g/mol. The summed E-state index contributed by atoms with van der Waals surface area (Å²) in [6, 6.07) is 15.3.